The van der Waals surface area contributed by atoms with Crippen molar-refractivity contribution in [2.75, 3.05) is 6.61 Å². The molecule has 2 aromatic rings. The van der Waals surface area contributed by atoms with E-state index in [0.29, 0.717) is 12.0 Å². The van der Waals surface area contributed by atoms with Crippen LogP contribution in [0.5, 0.6) is 5.75 Å². The molecule has 0 saturated carbocycles. The third-order valence-electron chi connectivity index (χ3n) is 2.36. The molecular weight excluding hydrogens is 190 g/mol. The van der Waals surface area contributed by atoms with Crippen LogP contribution >= 0.6 is 0 Å². The summed E-state index contributed by atoms with van der Waals surface area (Å²) in [5.41, 5.74) is 1.55. The number of aromatic amines is 1. The van der Waals surface area contributed by atoms with Crippen molar-refractivity contribution in [1.29, 1.82) is 0 Å². The van der Waals surface area contributed by atoms with Crippen molar-refractivity contribution in [3.8, 4) is 5.75 Å². The van der Waals surface area contributed by atoms with E-state index >= 15 is 0 Å². The Bertz CT molecular complexity index is 543. The molecule has 0 amide bonds. The first kappa shape index (κ1) is 9.77. The number of H-pyrrole nitrogens is 1. The fraction of sp³-hybridized carbons (Fsp3) is 0.250. The van der Waals surface area contributed by atoms with Crippen LogP contribution in [0.15, 0.2) is 29.2 Å². The van der Waals surface area contributed by atoms with Gasteiger partial charge in [0.1, 0.15) is 5.75 Å². The molecule has 0 radical (unpaired) electrons. The van der Waals surface area contributed by atoms with Gasteiger partial charge in [-0.05, 0) is 26.0 Å². The lowest BCUT2D eigenvalue weighted by atomic mass is 10.1. The topological polar surface area (TPSA) is 42.1 Å². The number of aromatic nitrogens is 1. The number of hydrogen-bond acceptors (Lipinski definition) is 2. The molecule has 0 aliphatic heterocycles. The maximum absolute atomic E-state index is 11.8. The van der Waals surface area contributed by atoms with Crippen molar-refractivity contribution in [2.24, 2.45) is 0 Å². The van der Waals surface area contributed by atoms with Crippen molar-refractivity contribution in [3.63, 3.8) is 0 Å². The second-order valence-electron chi connectivity index (χ2n) is 3.41. The van der Waals surface area contributed by atoms with Gasteiger partial charge in [-0.3, -0.25) is 4.79 Å². The van der Waals surface area contributed by atoms with Gasteiger partial charge in [0, 0.05) is 17.1 Å². The highest BCUT2D eigenvalue weighted by atomic mass is 16.5. The van der Waals surface area contributed by atoms with Crippen LogP contribution in [-0.2, 0) is 0 Å². The summed E-state index contributed by atoms with van der Waals surface area (Å²) in [5.74, 6) is 0.729. The van der Waals surface area contributed by atoms with Crippen molar-refractivity contribution in [2.45, 2.75) is 13.8 Å². The number of pyridine rings is 1. The van der Waals surface area contributed by atoms with Gasteiger partial charge in [0.05, 0.1) is 12.1 Å². The van der Waals surface area contributed by atoms with Crippen LogP contribution in [0.4, 0.5) is 0 Å². The van der Waals surface area contributed by atoms with Crippen LogP contribution in [0, 0.1) is 6.92 Å². The first-order valence-electron chi connectivity index (χ1n) is 4.98. The van der Waals surface area contributed by atoms with E-state index in [4.69, 9.17) is 4.74 Å². The van der Waals surface area contributed by atoms with Crippen LogP contribution in [0.25, 0.3) is 10.9 Å². The minimum atomic E-state index is 0.0605. The van der Waals surface area contributed by atoms with E-state index in [0.717, 1.165) is 16.8 Å². The zero-order chi connectivity index (χ0) is 10.8. The summed E-state index contributed by atoms with van der Waals surface area (Å²) in [5, 5.41) is 0.681. The first-order chi connectivity index (χ1) is 7.24. The number of ether oxygens (including phenoxy) is 1. The van der Waals surface area contributed by atoms with Crippen molar-refractivity contribution < 1.29 is 4.74 Å². The number of hydrogen-bond donors (Lipinski definition) is 1. The Morgan fingerprint density at radius 1 is 1.40 bits per heavy atom. The second kappa shape index (κ2) is 3.77. The van der Waals surface area contributed by atoms with Gasteiger partial charge in [0.2, 0.25) is 0 Å². The lowest BCUT2D eigenvalue weighted by molar-refractivity contribution is 0.343. The monoisotopic (exact) mass is 203 g/mol. The van der Waals surface area contributed by atoms with Crippen molar-refractivity contribution in [3.05, 3.63) is 40.2 Å². The zero-order valence-corrected chi connectivity index (χ0v) is 8.83. The molecule has 2 rings (SSSR count). The fourth-order valence-corrected chi connectivity index (χ4v) is 1.60. The number of aryl methyl sites for hydroxylation is 1. The predicted molar refractivity (Wildman–Crippen MR) is 60.5 cm³/mol. The molecule has 1 aromatic carbocycles. The third kappa shape index (κ3) is 1.61. The molecule has 0 unspecified atom stereocenters. The lowest BCUT2D eigenvalue weighted by Crippen LogP contribution is -2.07. The van der Waals surface area contributed by atoms with E-state index in [2.05, 4.69) is 4.98 Å². The molecule has 0 fully saturated rings. The molecule has 78 valence electrons. The molecule has 3 nitrogen and oxygen atoms in total. The van der Waals surface area contributed by atoms with Crippen LogP contribution in [-0.4, -0.2) is 11.6 Å². The van der Waals surface area contributed by atoms with Crippen LogP contribution in [0.3, 0.4) is 0 Å². The Morgan fingerprint density at radius 3 is 2.93 bits per heavy atom. The average molecular weight is 203 g/mol. The molecule has 3 heteroatoms. The van der Waals surface area contributed by atoms with Gasteiger partial charge in [-0.2, -0.15) is 0 Å². The molecule has 0 spiro atoms. The lowest BCUT2D eigenvalue weighted by Gasteiger charge is -2.06. The van der Waals surface area contributed by atoms with E-state index in [1.807, 2.05) is 25.1 Å². The van der Waals surface area contributed by atoms with E-state index in [-0.39, 0.29) is 5.43 Å². The second-order valence-corrected chi connectivity index (χ2v) is 3.41. The van der Waals surface area contributed by atoms with Crippen LogP contribution < -0.4 is 10.2 Å². The molecule has 15 heavy (non-hydrogen) atoms. The van der Waals surface area contributed by atoms with E-state index in [9.17, 15) is 4.79 Å². The van der Waals surface area contributed by atoms with Gasteiger partial charge in [-0.1, -0.05) is 6.07 Å². The summed E-state index contributed by atoms with van der Waals surface area (Å²) in [6.07, 6.45) is 1.72. The number of nitrogens with one attached hydrogen (secondary N) is 1. The Kier molecular flexibility index (Phi) is 2.46. The van der Waals surface area contributed by atoms with Gasteiger partial charge in [0.25, 0.3) is 0 Å². The highest BCUT2D eigenvalue weighted by Gasteiger charge is 2.05. The van der Waals surface area contributed by atoms with Crippen molar-refractivity contribution >= 4 is 10.9 Å². The highest BCUT2D eigenvalue weighted by molar-refractivity contribution is 5.84. The molecule has 0 bridgehead atoms. The Morgan fingerprint density at radius 2 is 2.20 bits per heavy atom. The fourth-order valence-electron chi connectivity index (χ4n) is 1.60. The average Bonchev–Trinajstić information content (AvgIpc) is 2.25. The van der Waals surface area contributed by atoms with Gasteiger partial charge >= 0.3 is 0 Å². The summed E-state index contributed by atoms with van der Waals surface area (Å²) < 4.78 is 5.44. The summed E-state index contributed by atoms with van der Waals surface area (Å²) in [6.45, 7) is 4.31. The normalized spacial score (nSPS) is 10.5. The van der Waals surface area contributed by atoms with E-state index < -0.39 is 0 Å². The summed E-state index contributed by atoms with van der Waals surface area (Å²) >= 11 is 0. The molecule has 0 atom stereocenters. The smallest absolute Gasteiger partial charge is 0.192 e. The minimum absolute atomic E-state index is 0.0605. The molecular formula is C12H13NO2. The predicted octanol–water partition coefficient (Wildman–Crippen LogP) is 2.24. The Hall–Kier alpha value is -1.77. The zero-order valence-electron chi connectivity index (χ0n) is 8.83. The molecule has 1 aromatic heterocycles. The van der Waals surface area contributed by atoms with Gasteiger partial charge < -0.3 is 9.72 Å². The van der Waals surface area contributed by atoms with Crippen molar-refractivity contribution in [1.82, 2.24) is 4.98 Å². The largest absolute Gasteiger partial charge is 0.492 e. The molecule has 0 saturated heterocycles. The van der Waals surface area contributed by atoms with Crippen LogP contribution in [0.2, 0.25) is 0 Å². The van der Waals surface area contributed by atoms with Gasteiger partial charge in [-0.25, -0.2) is 0 Å². The Balaban J connectivity index is 2.77. The number of benzene rings is 1. The van der Waals surface area contributed by atoms with Gasteiger partial charge in [0.15, 0.2) is 5.43 Å². The van der Waals surface area contributed by atoms with E-state index in [1.165, 1.54) is 0 Å². The molecule has 1 N–H and O–H groups in total. The standard InChI is InChI=1S/C12H13NO2/c1-3-15-10-6-4-5-9-11(10)13-7-8(2)12(9)14/h4-7H,3H2,1-2H3,(H,13,14). The number of fused-ring (bicyclic) bond motifs is 1. The third-order valence-corrected chi connectivity index (χ3v) is 2.36. The number of rotatable bonds is 2. The van der Waals surface area contributed by atoms with Gasteiger partial charge in [-0.15, -0.1) is 0 Å². The summed E-state index contributed by atoms with van der Waals surface area (Å²) in [6, 6.07) is 5.50. The minimum Gasteiger partial charge on any atom is -0.492 e. The molecule has 0 aliphatic rings. The number of para-hydroxylation sites is 1. The maximum atomic E-state index is 11.8. The maximum Gasteiger partial charge on any atom is 0.192 e. The SMILES string of the molecule is CCOc1cccc2c(=O)c(C)c[nH]c12. The van der Waals surface area contributed by atoms with E-state index in [1.54, 1.807) is 13.1 Å². The first-order valence-corrected chi connectivity index (χ1v) is 4.98. The molecule has 0 aliphatic carbocycles. The molecule has 1 heterocycles. The summed E-state index contributed by atoms with van der Waals surface area (Å²) in [7, 11) is 0. The highest BCUT2D eigenvalue weighted by Crippen LogP contribution is 2.21. The Labute approximate surface area is 87.7 Å². The quantitative estimate of drug-likeness (QED) is 0.813. The van der Waals surface area contributed by atoms with Crippen LogP contribution in [0.1, 0.15) is 12.5 Å². The summed E-state index contributed by atoms with van der Waals surface area (Å²) in [4.78, 5) is 14.9.